The van der Waals surface area contributed by atoms with E-state index in [0.717, 1.165) is 11.1 Å². The number of rotatable bonds is 3. The van der Waals surface area contributed by atoms with E-state index in [9.17, 15) is 4.79 Å². The molecule has 1 N–H and O–H groups in total. The predicted molar refractivity (Wildman–Crippen MR) is 75.8 cm³/mol. The Kier molecular flexibility index (Phi) is 5.03. The van der Waals surface area contributed by atoms with E-state index in [1.54, 1.807) is 11.3 Å². The number of thiophene rings is 1. The van der Waals surface area contributed by atoms with Crippen LogP contribution in [0.5, 0.6) is 0 Å². The Balaban J connectivity index is 1.68. The molecule has 1 amide bonds. The lowest BCUT2D eigenvalue weighted by atomic mass is 10.2. The van der Waals surface area contributed by atoms with Crippen LogP contribution in [-0.2, 0) is 11.3 Å². The number of benzene rings is 1. The molecule has 0 unspecified atom stereocenters. The van der Waals surface area contributed by atoms with Gasteiger partial charge in [0.05, 0.1) is 6.54 Å². The fraction of sp³-hybridized carbons (Fsp3) is 0.133. The van der Waals surface area contributed by atoms with E-state index in [2.05, 4.69) is 17.2 Å². The van der Waals surface area contributed by atoms with Gasteiger partial charge in [0.2, 0.25) is 0 Å². The number of nitrogens with one attached hydrogen (secondary N) is 1. The van der Waals surface area contributed by atoms with Crippen molar-refractivity contribution in [2.45, 2.75) is 6.61 Å². The van der Waals surface area contributed by atoms with E-state index in [0.29, 0.717) is 0 Å². The van der Waals surface area contributed by atoms with Gasteiger partial charge in [-0.3, -0.25) is 0 Å². The zero-order chi connectivity index (χ0) is 13.3. The van der Waals surface area contributed by atoms with Crippen LogP contribution in [0.25, 0.3) is 0 Å². The summed E-state index contributed by atoms with van der Waals surface area (Å²) in [5.41, 5.74) is 1.92. The third kappa shape index (κ3) is 4.86. The van der Waals surface area contributed by atoms with Crippen LogP contribution in [0, 0.1) is 11.8 Å². The summed E-state index contributed by atoms with van der Waals surface area (Å²) >= 11 is 1.60. The SMILES string of the molecule is O=C(NCC#Cc1ccsc1)OCc1ccccc1. The quantitative estimate of drug-likeness (QED) is 0.871. The van der Waals surface area contributed by atoms with Gasteiger partial charge in [0, 0.05) is 10.9 Å². The van der Waals surface area contributed by atoms with E-state index in [4.69, 9.17) is 4.74 Å². The molecule has 0 saturated heterocycles. The summed E-state index contributed by atoms with van der Waals surface area (Å²) in [7, 11) is 0. The first-order chi connectivity index (χ1) is 9.34. The molecule has 0 spiro atoms. The van der Waals surface area contributed by atoms with Crippen molar-refractivity contribution >= 4 is 17.4 Å². The Morgan fingerprint density at radius 3 is 2.84 bits per heavy atom. The van der Waals surface area contributed by atoms with Crippen molar-refractivity contribution < 1.29 is 9.53 Å². The van der Waals surface area contributed by atoms with Gasteiger partial charge >= 0.3 is 6.09 Å². The molecule has 0 atom stereocenters. The zero-order valence-corrected chi connectivity index (χ0v) is 11.1. The van der Waals surface area contributed by atoms with Crippen LogP contribution in [0.1, 0.15) is 11.1 Å². The third-order valence-electron chi connectivity index (χ3n) is 2.29. The Labute approximate surface area is 116 Å². The average molecular weight is 271 g/mol. The fourth-order valence-corrected chi connectivity index (χ4v) is 1.96. The maximum atomic E-state index is 11.4. The summed E-state index contributed by atoms with van der Waals surface area (Å²) in [6.07, 6.45) is -0.455. The summed E-state index contributed by atoms with van der Waals surface area (Å²) in [5.74, 6) is 5.81. The first-order valence-electron chi connectivity index (χ1n) is 5.80. The van der Waals surface area contributed by atoms with Gasteiger partial charge in [-0.2, -0.15) is 11.3 Å². The highest BCUT2D eigenvalue weighted by atomic mass is 32.1. The predicted octanol–water partition coefficient (Wildman–Crippen LogP) is 3.03. The lowest BCUT2D eigenvalue weighted by Gasteiger charge is -2.04. The van der Waals surface area contributed by atoms with Crippen LogP contribution in [0.3, 0.4) is 0 Å². The number of hydrogen-bond acceptors (Lipinski definition) is 3. The number of carbonyl (C=O) groups excluding carboxylic acids is 1. The molecular weight excluding hydrogens is 258 g/mol. The van der Waals surface area contributed by atoms with E-state index in [1.807, 2.05) is 47.2 Å². The zero-order valence-electron chi connectivity index (χ0n) is 10.3. The molecule has 0 radical (unpaired) electrons. The number of hydrogen-bond donors (Lipinski definition) is 1. The highest BCUT2D eigenvalue weighted by Crippen LogP contribution is 2.03. The molecule has 19 heavy (non-hydrogen) atoms. The number of alkyl carbamates (subject to hydrolysis) is 1. The molecule has 1 aromatic carbocycles. The highest BCUT2D eigenvalue weighted by Gasteiger charge is 1.99. The smallest absolute Gasteiger partial charge is 0.408 e. The van der Waals surface area contributed by atoms with Gasteiger partial charge in [0.15, 0.2) is 0 Å². The minimum absolute atomic E-state index is 0.268. The van der Waals surface area contributed by atoms with Crippen molar-refractivity contribution in [3.8, 4) is 11.8 Å². The summed E-state index contributed by atoms with van der Waals surface area (Å²) in [5, 5.41) is 6.51. The monoisotopic (exact) mass is 271 g/mol. The van der Waals surface area contributed by atoms with Crippen molar-refractivity contribution in [3.05, 3.63) is 58.3 Å². The summed E-state index contributed by atoms with van der Waals surface area (Å²) in [6.45, 7) is 0.550. The fourth-order valence-electron chi connectivity index (χ4n) is 1.37. The maximum Gasteiger partial charge on any atom is 0.408 e. The largest absolute Gasteiger partial charge is 0.445 e. The lowest BCUT2D eigenvalue weighted by Crippen LogP contribution is -2.24. The molecule has 0 aliphatic rings. The molecule has 96 valence electrons. The molecule has 2 rings (SSSR count). The standard InChI is InChI=1S/C15H13NO2S/c17-15(18-11-13-5-2-1-3-6-13)16-9-4-7-14-8-10-19-12-14/h1-3,5-6,8,10,12H,9,11H2,(H,16,17). The Bertz CT molecular complexity index is 567. The van der Waals surface area contributed by atoms with E-state index >= 15 is 0 Å². The van der Waals surface area contributed by atoms with Gasteiger partial charge in [0.1, 0.15) is 6.61 Å². The summed E-state index contributed by atoms with van der Waals surface area (Å²) < 4.78 is 5.05. The van der Waals surface area contributed by atoms with Gasteiger partial charge < -0.3 is 10.1 Å². The molecular formula is C15H13NO2S. The van der Waals surface area contributed by atoms with Crippen molar-refractivity contribution in [2.75, 3.05) is 6.54 Å². The van der Waals surface area contributed by atoms with Crippen LogP contribution < -0.4 is 5.32 Å². The van der Waals surface area contributed by atoms with Crippen LogP contribution >= 0.6 is 11.3 Å². The Morgan fingerprint density at radius 1 is 1.26 bits per heavy atom. The van der Waals surface area contributed by atoms with Crippen molar-refractivity contribution in [2.24, 2.45) is 0 Å². The number of carbonyl (C=O) groups is 1. The average Bonchev–Trinajstić information content (AvgIpc) is 2.96. The summed E-state index contributed by atoms with van der Waals surface area (Å²) in [6, 6.07) is 11.5. The van der Waals surface area contributed by atoms with Gasteiger partial charge in [-0.1, -0.05) is 42.2 Å². The molecule has 0 aliphatic carbocycles. The maximum absolute atomic E-state index is 11.4. The van der Waals surface area contributed by atoms with Crippen LogP contribution in [-0.4, -0.2) is 12.6 Å². The molecule has 0 aliphatic heterocycles. The lowest BCUT2D eigenvalue weighted by molar-refractivity contribution is 0.141. The minimum Gasteiger partial charge on any atom is -0.445 e. The van der Waals surface area contributed by atoms with E-state index in [-0.39, 0.29) is 13.2 Å². The van der Waals surface area contributed by atoms with Crippen molar-refractivity contribution in [3.63, 3.8) is 0 Å². The number of ether oxygens (including phenoxy) is 1. The van der Waals surface area contributed by atoms with Crippen LogP contribution in [0.2, 0.25) is 0 Å². The number of amides is 1. The van der Waals surface area contributed by atoms with Gasteiger partial charge in [-0.15, -0.1) is 0 Å². The normalized spacial score (nSPS) is 9.26. The van der Waals surface area contributed by atoms with Crippen molar-refractivity contribution in [1.82, 2.24) is 5.32 Å². The second-order valence-electron chi connectivity index (χ2n) is 3.73. The minimum atomic E-state index is -0.455. The summed E-state index contributed by atoms with van der Waals surface area (Å²) in [4.78, 5) is 11.4. The first-order valence-corrected chi connectivity index (χ1v) is 6.74. The molecule has 3 nitrogen and oxygen atoms in total. The van der Waals surface area contributed by atoms with Crippen LogP contribution in [0.15, 0.2) is 47.2 Å². The molecule has 0 fully saturated rings. The molecule has 0 saturated carbocycles. The third-order valence-corrected chi connectivity index (χ3v) is 2.97. The van der Waals surface area contributed by atoms with Crippen molar-refractivity contribution in [1.29, 1.82) is 0 Å². The van der Waals surface area contributed by atoms with Crippen LogP contribution in [0.4, 0.5) is 4.79 Å². The van der Waals surface area contributed by atoms with Gasteiger partial charge in [-0.05, 0) is 17.0 Å². The molecule has 1 heterocycles. The Morgan fingerprint density at radius 2 is 2.11 bits per heavy atom. The Hall–Kier alpha value is -2.25. The molecule has 2 aromatic rings. The second-order valence-corrected chi connectivity index (χ2v) is 4.51. The highest BCUT2D eigenvalue weighted by molar-refractivity contribution is 7.08. The molecule has 0 bridgehead atoms. The van der Waals surface area contributed by atoms with Gasteiger partial charge in [-0.25, -0.2) is 4.79 Å². The topological polar surface area (TPSA) is 38.3 Å². The molecule has 1 aromatic heterocycles. The second kappa shape index (κ2) is 7.24. The van der Waals surface area contributed by atoms with Gasteiger partial charge in [0.25, 0.3) is 0 Å². The molecule has 4 heteroatoms. The van der Waals surface area contributed by atoms with E-state index in [1.165, 1.54) is 0 Å². The van der Waals surface area contributed by atoms with E-state index < -0.39 is 6.09 Å². The first kappa shape index (κ1) is 13.2.